The van der Waals surface area contributed by atoms with Crippen molar-refractivity contribution in [1.29, 1.82) is 0 Å². The Balaban J connectivity index is 1.82. The second-order valence-corrected chi connectivity index (χ2v) is 5.78. The van der Waals surface area contributed by atoms with Crippen LogP contribution in [0, 0.1) is 5.92 Å². The van der Waals surface area contributed by atoms with Crippen LogP contribution in [-0.2, 0) is 0 Å². The van der Waals surface area contributed by atoms with Gasteiger partial charge in [0.1, 0.15) is 0 Å². The lowest BCUT2D eigenvalue weighted by Gasteiger charge is -2.07. The molecule has 3 heteroatoms. The van der Waals surface area contributed by atoms with Crippen LogP contribution < -0.4 is 5.43 Å². The Labute approximate surface area is 131 Å². The molecule has 0 spiro atoms. The first-order chi connectivity index (χ1) is 10.8. The van der Waals surface area contributed by atoms with Gasteiger partial charge in [-0.15, -0.1) is 0 Å². The molecule has 0 aliphatic rings. The molecule has 3 nitrogen and oxygen atoms in total. The molecule has 2 N–H and O–H groups in total. The predicted octanol–water partition coefficient (Wildman–Crippen LogP) is 5.55. The van der Waals surface area contributed by atoms with E-state index in [4.69, 9.17) is 0 Å². The third kappa shape index (κ3) is 2.98. The molecule has 2 aromatic carbocycles. The summed E-state index contributed by atoms with van der Waals surface area (Å²) in [5.74, 6) is 0.564. The van der Waals surface area contributed by atoms with E-state index in [0.29, 0.717) is 5.92 Å². The maximum atomic E-state index is 4.42. The SMILES string of the molecule is CCCC(/C=N/Nc1ccc2[nH]c3ccccc3c2c1)CC. The summed E-state index contributed by atoms with van der Waals surface area (Å²) in [6.07, 6.45) is 5.58. The number of nitrogens with one attached hydrogen (secondary N) is 2. The fraction of sp³-hybridized carbons (Fsp3) is 0.316. The summed E-state index contributed by atoms with van der Waals surface area (Å²) in [5.41, 5.74) is 6.53. The third-order valence-corrected chi connectivity index (χ3v) is 4.17. The lowest BCUT2D eigenvalue weighted by atomic mass is 10.0. The molecule has 0 radical (unpaired) electrons. The number of aromatic amines is 1. The molecule has 1 heterocycles. The van der Waals surface area contributed by atoms with E-state index in [1.807, 2.05) is 6.21 Å². The van der Waals surface area contributed by atoms with Crippen LogP contribution in [-0.4, -0.2) is 11.2 Å². The Kier molecular flexibility index (Phi) is 4.42. The number of fused-ring (bicyclic) bond motifs is 3. The monoisotopic (exact) mass is 293 g/mol. The van der Waals surface area contributed by atoms with Gasteiger partial charge in [-0.25, -0.2) is 0 Å². The molecule has 0 saturated carbocycles. The normalized spacial score (nSPS) is 13.2. The number of H-pyrrole nitrogens is 1. The van der Waals surface area contributed by atoms with Gasteiger partial charge < -0.3 is 4.98 Å². The minimum Gasteiger partial charge on any atom is -0.355 e. The second-order valence-electron chi connectivity index (χ2n) is 5.78. The average Bonchev–Trinajstić information content (AvgIpc) is 2.92. The van der Waals surface area contributed by atoms with E-state index in [0.717, 1.165) is 17.6 Å². The summed E-state index contributed by atoms with van der Waals surface area (Å²) in [7, 11) is 0. The Morgan fingerprint density at radius 3 is 2.73 bits per heavy atom. The molecule has 1 unspecified atom stereocenters. The molecule has 0 bridgehead atoms. The number of para-hydroxylation sites is 1. The number of rotatable bonds is 6. The number of hydrogen-bond acceptors (Lipinski definition) is 2. The second kappa shape index (κ2) is 6.65. The van der Waals surface area contributed by atoms with Gasteiger partial charge in [0.2, 0.25) is 0 Å². The topological polar surface area (TPSA) is 40.2 Å². The van der Waals surface area contributed by atoms with E-state index < -0.39 is 0 Å². The van der Waals surface area contributed by atoms with Crippen molar-refractivity contribution < 1.29 is 0 Å². The molecule has 0 amide bonds. The number of aromatic nitrogens is 1. The largest absolute Gasteiger partial charge is 0.355 e. The highest BCUT2D eigenvalue weighted by Crippen LogP contribution is 2.27. The standard InChI is InChI=1S/C19H23N3/c1-3-7-14(4-2)13-20-22-15-10-11-19-17(12-15)16-8-5-6-9-18(16)21-19/h5-6,8-14,21-22H,3-4,7H2,1-2H3/b20-13+. The highest BCUT2D eigenvalue weighted by molar-refractivity contribution is 6.08. The van der Waals surface area contributed by atoms with E-state index in [-0.39, 0.29) is 0 Å². The molecule has 3 rings (SSSR count). The maximum Gasteiger partial charge on any atom is 0.0569 e. The van der Waals surface area contributed by atoms with Gasteiger partial charge in [-0.2, -0.15) is 5.10 Å². The van der Waals surface area contributed by atoms with Crippen molar-refractivity contribution in [3.63, 3.8) is 0 Å². The van der Waals surface area contributed by atoms with Gasteiger partial charge in [-0.3, -0.25) is 5.43 Å². The van der Waals surface area contributed by atoms with Crippen molar-refractivity contribution in [2.45, 2.75) is 33.1 Å². The van der Waals surface area contributed by atoms with Crippen LogP contribution in [0.1, 0.15) is 33.1 Å². The highest BCUT2D eigenvalue weighted by atomic mass is 15.3. The van der Waals surface area contributed by atoms with Gasteiger partial charge >= 0.3 is 0 Å². The van der Waals surface area contributed by atoms with Gasteiger partial charge in [0.15, 0.2) is 0 Å². The van der Waals surface area contributed by atoms with Crippen molar-refractivity contribution >= 4 is 33.7 Å². The lowest BCUT2D eigenvalue weighted by Crippen LogP contribution is -2.01. The van der Waals surface area contributed by atoms with Gasteiger partial charge in [0.05, 0.1) is 5.69 Å². The van der Waals surface area contributed by atoms with Crippen LogP contribution in [0.15, 0.2) is 47.6 Å². The summed E-state index contributed by atoms with van der Waals surface area (Å²) < 4.78 is 0. The number of anilines is 1. The number of benzene rings is 2. The Bertz CT molecular complexity index is 786. The Hall–Kier alpha value is -2.29. The molecular formula is C19H23N3. The van der Waals surface area contributed by atoms with Crippen LogP contribution in [0.4, 0.5) is 5.69 Å². The molecule has 1 atom stereocenters. The minimum absolute atomic E-state index is 0.564. The summed E-state index contributed by atoms with van der Waals surface area (Å²) >= 11 is 0. The van der Waals surface area contributed by atoms with Crippen molar-refractivity contribution in [3.8, 4) is 0 Å². The van der Waals surface area contributed by atoms with Crippen molar-refractivity contribution in [2.75, 3.05) is 5.43 Å². The minimum atomic E-state index is 0.564. The average molecular weight is 293 g/mol. The van der Waals surface area contributed by atoms with Crippen molar-refractivity contribution in [2.24, 2.45) is 11.0 Å². The summed E-state index contributed by atoms with van der Waals surface area (Å²) in [5, 5.41) is 6.90. The van der Waals surface area contributed by atoms with E-state index in [1.54, 1.807) is 0 Å². The molecule has 3 aromatic rings. The molecule has 0 saturated heterocycles. The van der Waals surface area contributed by atoms with Gasteiger partial charge in [0.25, 0.3) is 0 Å². The highest BCUT2D eigenvalue weighted by Gasteiger charge is 2.04. The van der Waals surface area contributed by atoms with E-state index in [1.165, 1.54) is 29.1 Å². The molecule has 114 valence electrons. The number of hydrogen-bond donors (Lipinski definition) is 2. The van der Waals surface area contributed by atoms with E-state index in [9.17, 15) is 0 Å². The Morgan fingerprint density at radius 1 is 1.09 bits per heavy atom. The fourth-order valence-electron chi connectivity index (χ4n) is 2.89. The molecule has 0 aliphatic carbocycles. The number of hydrazone groups is 1. The van der Waals surface area contributed by atoms with Gasteiger partial charge in [-0.1, -0.05) is 38.5 Å². The van der Waals surface area contributed by atoms with Crippen LogP contribution in [0.5, 0.6) is 0 Å². The molecule has 1 aromatic heterocycles. The van der Waals surface area contributed by atoms with Crippen LogP contribution in [0.3, 0.4) is 0 Å². The van der Waals surface area contributed by atoms with Crippen LogP contribution in [0.25, 0.3) is 21.8 Å². The number of nitrogens with zero attached hydrogens (tertiary/aromatic N) is 1. The Morgan fingerprint density at radius 2 is 1.91 bits per heavy atom. The third-order valence-electron chi connectivity index (χ3n) is 4.17. The lowest BCUT2D eigenvalue weighted by molar-refractivity contribution is 0.604. The molecule has 0 aliphatic heterocycles. The van der Waals surface area contributed by atoms with E-state index >= 15 is 0 Å². The summed E-state index contributed by atoms with van der Waals surface area (Å²) in [6, 6.07) is 14.7. The van der Waals surface area contributed by atoms with Crippen LogP contribution >= 0.6 is 0 Å². The fourth-order valence-corrected chi connectivity index (χ4v) is 2.89. The quantitative estimate of drug-likeness (QED) is 0.454. The van der Waals surface area contributed by atoms with E-state index in [2.05, 4.69) is 71.8 Å². The first-order valence-corrected chi connectivity index (χ1v) is 8.11. The maximum absolute atomic E-state index is 4.42. The first kappa shape index (κ1) is 14.6. The zero-order valence-corrected chi connectivity index (χ0v) is 13.3. The molecule has 0 fully saturated rings. The summed E-state index contributed by atoms with van der Waals surface area (Å²) in [6.45, 7) is 4.43. The summed E-state index contributed by atoms with van der Waals surface area (Å²) in [4.78, 5) is 3.44. The smallest absolute Gasteiger partial charge is 0.0569 e. The van der Waals surface area contributed by atoms with Crippen molar-refractivity contribution in [3.05, 3.63) is 42.5 Å². The molecule has 22 heavy (non-hydrogen) atoms. The zero-order chi connectivity index (χ0) is 15.4. The predicted molar refractivity (Wildman–Crippen MR) is 96.6 cm³/mol. The zero-order valence-electron chi connectivity index (χ0n) is 13.3. The first-order valence-electron chi connectivity index (χ1n) is 8.11. The van der Waals surface area contributed by atoms with Gasteiger partial charge in [-0.05, 0) is 43.0 Å². The van der Waals surface area contributed by atoms with Crippen molar-refractivity contribution in [1.82, 2.24) is 4.98 Å². The molecular weight excluding hydrogens is 270 g/mol. The van der Waals surface area contributed by atoms with Gasteiger partial charge in [0, 0.05) is 28.0 Å². The van der Waals surface area contributed by atoms with Crippen LogP contribution in [0.2, 0.25) is 0 Å².